The molecule has 116 valence electrons. The number of nitrogens with one attached hydrogen (secondary N) is 2. The van der Waals surface area contributed by atoms with Gasteiger partial charge < -0.3 is 5.32 Å². The van der Waals surface area contributed by atoms with E-state index >= 15 is 0 Å². The molecule has 2 saturated carbocycles. The van der Waals surface area contributed by atoms with Crippen LogP contribution >= 0.6 is 11.6 Å². The molecule has 0 spiro atoms. The fourth-order valence-corrected chi connectivity index (χ4v) is 3.75. The molecule has 0 atom stereocenters. The predicted octanol–water partition coefficient (Wildman–Crippen LogP) is 2.67. The monoisotopic (exact) mass is 328 g/mol. The van der Waals surface area contributed by atoms with Crippen LogP contribution in [-0.2, 0) is 16.6 Å². The maximum absolute atomic E-state index is 12.3. The second-order valence-corrected chi connectivity index (χ2v) is 8.23. The number of hydrogen-bond donors (Lipinski definition) is 2. The SMILES string of the molecule is O=S(=O)(NCC1CCC1)c1ccc(Cl)c(CNC2CC2)c1. The van der Waals surface area contributed by atoms with Crippen LogP contribution in [0, 0.1) is 5.92 Å². The van der Waals surface area contributed by atoms with Crippen molar-refractivity contribution in [1.29, 1.82) is 0 Å². The Labute approximate surface area is 131 Å². The maximum Gasteiger partial charge on any atom is 0.240 e. The van der Waals surface area contributed by atoms with Crippen molar-refractivity contribution in [3.8, 4) is 0 Å². The number of hydrogen-bond acceptors (Lipinski definition) is 3. The van der Waals surface area contributed by atoms with E-state index < -0.39 is 10.0 Å². The summed E-state index contributed by atoms with van der Waals surface area (Å²) in [7, 11) is -3.43. The summed E-state index contributed by atoms with van der Waals surface area (Å²) in [4.78, 5) is 0.304. The first-order valence-corrected chi connectivity index (χ1v) is 9.42. The fraction of sp³-hybridized carbons (Fsp3) is 0.600. The molecule has 2 N–H and O–H groups in total. The summed E-state index contributed by atoms with van der Waals surface area (Å²) in [6, 6.07) is 5.49. The van der Waals surface area contributed by atoms with Crippen molar-refractivity contribution in [3.05, 3.63) is 28.8 Å². The molecule has 4 nitrogen and oxygen atoms in total. The number of halogens is 1. The first kappa shape index (κ1) is 15.3. The average Bonchev–Trinajstić information content (AvgIpc) is 3.19. The van der Waals surface area contributed by atoms with E-state index in [1.54, 1.807) is 18.2 Å². The molecular formula is C15H21ClN2O2S. The fourth-order valence-electron chi connectivity index (χ4n) is 2.40. The molecule has 21 heavy (non-hydrogen) atoms. The smallest absolute Gasteiger partial charge is 0.240 e. The third-order valence-corrected chi connectivity index (χ3v) is 6.06. The molecule has 0 saturated heterocycles. The maximum atomic E-state index is 12.3. The Balaban J connectivity index is 1.68. The van der Waals surface area contributed by atoms with Gasteiger partial charge in [-0.15, -0.1) is 0 Å². The van der Waals surface area contributed by atoms with Crippen molar-refractivity contribution in [2.45, 2.75) is 49.6 Å². The van der Waals surface area contributed by atoms with Crippen molar-refractivity contribution in [1.82, 2.24) is 10.0 Å². The van der Waals surface area contributed by atoms with Crippen LogP contribution in [0.15, 0.2) is 23.1 Å². The first-order chi connectivity index (χ1) is 10.0. The predicted molar refractivity (Wildman–Crippen MR) is 83.8 cm³/mol. The summed E-state index contributed by atoms with van der Waals surface area (Å²) in [5, 5.41) is 3.97. The van der Waals surface area contributed by atoms with Gasteiger partial charge in [-0.1, -0.05) is 18.0 Å². The molecule has 6 heteroatoms. The zero-order chi connectivity index (χ0) is 14.9. The molecule has 0 aromatic heterocycles. The van der Waals surface area contributed by atoms with Crippen molar-refractivity contribution < 1.29 is 8.42 Å². The van der Waals surface area contributed by atoms with Crippen LogP contribution in [0.2, 0.25) is 5.02 Å². The highest BCUT2D eigenvalue weighted by Gasteiger charge is 2.23. The zero-order valence-electron chi connectivity index (χ0n) is 11.9. The van der Waals surface area contributed by atoms with Crippen LogP contribution in [0.25, 0.3) is 0 Å². The molecule has 1 aromatic carbocycles. The zero-order valence-corrected chi connectivity index (χ0v) is 13.5. The topological polar surface area (TPSA) is 58.2 Å². The summed E-state index contributed by atoms with van der Waals surface area (Å²) >= 11 is 6.15. The Morgan fingerprint density at radius 1 is 1.19 bits per heavy atom. The van der Waals surface area contributed by atoms with Crippen LogP contribution in [0.5, 0.6) is 0 Å². The lowest BCUT2D eigenvalue weighted by Gasteiger charge is -2.25. The van der Waals surface area contributed by atoms with E-state index in [1.165, 1.54) is 19.3 Å². The molecule has 0 unspecified atom stereocenters. The van der Waals surface area contributed by atoms with Gasteiger partial charge in [-0.2, -0.15) is 0 Å². The standard InChI is InChI=1S/C15H21ClN2O2S/c16-15-7-6-14(8-12(15)10-17-13-4-5-13)21(19,20)18-9-11-2-1-3-11/h6-8,11,13,17-18H,1-5,9-10H2. The molecule has 2 fully saturated rings. The summed E-state index contributed by atoms with van der Waals surface area (Å²) in [5.41, 5.74) is 0.843. The molecule has 0 radical (unpaired) electrons. The Morgan fingerprint density at radius 2 is 1.95 bits per heavy atom. The number of rotatable bonds is 7. The molecule has 0 aliphatic heterocycles. The normalized spacial score (nSPS) is 19.5. The lowest BCUT2D eigenvalue weighted by atomic mass is 9.86. The van der Waals surface area contributed by atoms with Gasteiger partial charge in [0.15, 0.2) is 0 Å². The highest BCUT2D eigenvalue weighted by Crippen LogP contribution is 2.26. The van der Waals surface area contributed by atoms with Crippen molar-refractivity contribution in [3.63, 3.8) is 0 Å². The number of benzene rings is 1. The summed E-state index contributed by atoms with van der Waals surface area (Å²) in [5.74, 6) is 0.503. The van der Waals surface area contributed by atoms with Gasteiger partial charge >= 0.3 is 0 Å². The molecule has 0 heterocycles. The molecule has 0 amide bonds. The second kappa shape index (κ2) is 6.24. The second-order valence-electron chi connectivity index (χ2n) is 6.06. The Morgan fingerprint density at radius 3 is 2.57 bits per heavy atom. The van der Waals surface area contributed by atoms with Gasteiger partial charge in [0, 0.05) is 24.2 Å². The van der Waals surface area contributed by atoms with E-state index in [0.717, 1.165) is 18.4 Å². The molecular weight excluding hydrogens is 308 g/mol. The minimum absolute atomic E-state index is 0.304. The lowest BCUT2D eigenvalue weighted by molar-refractivity contribution is 0.316. The average molecular weight is 329 g/mol. The van der Waals surface area contributed by atoms with E-state index in [1.807, 2.05) is 0 Å². The largest absolute Gasteiger partial charge is 0.310 e. The molecule has 2 aliphatic rings. The van der Waals surface area contributed by atoms with Crippen molar-refractivity contribution >= 4 is 21.6 Å². The Hall–Kier alpha value is -0.620. The lowest BCUT2D eigenvalue weighted by Crippen LogP contribution is -2.32. The van der Waals surface area contributed by atoms with E-state index in [4.69, 9.17) is 11.6 Å². The van der Waals surface area contributed by atoms with E-state index in [-0.39, 0.29) is 0 Å². The molecule has 2 aliphatic carbocycles. The highest BCUT2D eigenvalue weighted by molar-refractivity contribution is 7.89. The minimum atomic E-state index is -3.43. The van der Waals surface area contributed by atoms with Crippen LogP contribution in [-0.4, -0.2) is 21.0 Å². The van der Waals surface area contributed by atoms with Crippen molar-refractivity contribution in [2.75, 3.05) is 6.54 Å². The van der Waals surface area contributed by atoms with Gasteiger partial charge in [0.25, 0.3) is 0 Å². The van der Waals surface area contributed by atoms with E-state index in [9.17, 15) is 8.42 Å². The molecule has 3 rings (SSSR count). The third-order valence-electron chi connectivity index (χ3n) is 4.27. The van der Waals surface area contributed by atoms with Gasteiger partial charge in [-0.05, 0) is 55.4 Å². The Bertz CT molecular complexity index is 610. The Kier molecular flexibility index (Phi) is 4.54. The quantitative estimate of drug-likeness (QED) is 0.809. The van der Waals surface area contributed by atoms with Crippen LogP contribution in [0.1, 0.15) is 37.7 Å². The summed E-state index contributed by atoms with van der Waals surface area (Å²) in [6.45, 7) is 1.16. The number of sulfonamides is 1. The van der Waals surface area contributed by atoms with E-state index in [2.05, 4.69) is 10.0 Å². The van der Waals surface area contributed by atoms with Gasteiger partial charge in [0.1, 0.15) is 0 Å². The van der Waals surface area contributed by atoms with Crippen molar-refractivity contribution in [2.24, 2.45) is 5.92 Å². The van der Waals surface area contributed by atoms with Crippen LogP contribution < -0.4 is 10.0 Å². The third kappa shape index (κ3) is 3.97. The highest BCUT2D eigenvalue weighted by atomic mass is 35.5. The first-order valence-electron chi connectivity index (χ1n) is 7.56. The van der Waals surface area contributed by atoms with Gasteiger partial charge in [-0.3, -0.25) is 0 Å². The van der Waals surface area contributed by atoms with Gasteiger partial charge in [0.2, 0.25) is 10.0 Å². The summed E-state index contributed by atoms with van der Waals surface area (Å²) in [6.07, 6.45) is 5.85. The molecule has 1 aromatic rings. The summed E-state index contributed by atoms with van der Waals surface area (Å²) < 4.78 is 27.3. The minimum Gasteiger partial charge on any atom is -0.310 e. The van der Waals surface area contributed by atoms with Gasteiger partial charge in [-0.25, -0.2) is 13.1 Å². The van der Waals surface area contributed by atoms with Crippen LogP contribution in [0.3, 0.4) is 0 Å². The van der Waals surface area contributed by atoms with Gasteiger partial charge in [0.05, 0.1) is 4.90 Å². The molecule has 0 bridgehead atoms. The van der Waals surface area contributed by atoms with E-state index in [0.29, 0.717) is 35.0 Å². The van der Waals surface area contributed by atoms with Crippen LogP contribution in [0.4, 0.5) is 0 Å².